The van der Waals surface area contributed by atoms with Gasteiger partial charge in [0.05, 0.1) is 0 Å². The van der Waals surface area contributed by atoms with E-state index in [1.165, 1.54) is 141 Å². The van der Waals surface area contributed by atoms with Gasteiger partial charge in [-0.3, -0.25) is 14.4 Å². The van der Waals surface area contributed by atoms with Crippen LogP contribution in [0.2, 0.25) is 0 Å². The van der Waals surface area contributed by atoms with E-state index < -0.39 is 6.10 Å². The van der Waals surface area contributed by atoms with E-state index >= 15 is 0 Å². The van der Waals surface area contributed by atoms with Crippen molar-refractivity contribution in [3.05, 3.63) is 85.1 Å². The number of hydrogen-bond acceptors (Lipinski definition) is 6. The van der Waals surface area contributed by atoms with Gasteiger partial charge in [0, 0.05) is 19.3 Å². The van der Waals surface area contributed by atoms with Gasteiger partial charge in [-0.2, -0.15) is 0 Å². The van der Waals surface area contributed by atoms with Gasteiger partial charge in [-0.15, -0.1) is 0 Å². The van der Waals surface area contributed by atoms with E-state index in [4.69, 9.17) is 14.2 Å². The molecule has 0 fully saturated rings. The van der Waals surface area contributed by atoms with Gasteiger partial charge in [0.1, 0.15) is 13.2 Å². The van der Waals surface area contributed by atoms with Crippen LogP contribution in [-0.4, -0.2) is 37.2 Å². The molecule has 6 heteroatoms. The molecule has 70 heavy (non-hydrogen) atoms. The van der Waals surface area contributed by atoms with Crippen LogP contribution in [0.4, 0.5) is 0 Å². The summed E-state index contributed by atoms with van der Waals surface area (Å²) < 4.78 is 16.8. The second kappa shape index (κ2) is 58.2. The van der Waals surface area contributed by atoms with E-state index in [9.17, 15) is 14.4 Å². The molecule has 402 valence electrons. The summed E-state index contributed by atoms with van der Waals surface area (Å²) in [5.41, 5.74) is 0. The molecular formula is C64H110O6. The van der Waals surface area contributed by atoms with Gasteiger partial charge in [0.2, 0.25) is 0 Å². The Balaban J connectivity index is 4.19. The third-order valence-electron chi connectivity index (χ3n) is 12.6. The molecule has 0 aromatic heterocycles. The summed E-state index contributed by atoms with van der Waals surface area (Å²) >= 11 is 0. The fourth-order valence-electron chi connectivity index (χ4n) is 8.21. The lowest BCUT2D eigenvalue weighted by molar-refractivity contribution is -0.167. The molecule has 1 unspecified atom stereocenters. The minimum atomic E-state index is -0.779. The summed E-state index contributed by atoms with van der Waals surface area (Å²) in [6.45, 7) is 6.48. The van der Waals surface area contributed by atoms with E-state index in [-0.39, 0.29) is 31.1 Å². The maximum Gasteiger partial charge on any atom is 0.306 e. The Morgan fingerprint density at radius 3 is 0.900 bits per heavy atom. The third-order valence-corrected chi connectivity index (χ3v) is 12.6. The molecule has 0 rings (SSSR count). The number of carbonyl (C=O) groups is 3. The Hall–Kier alpha value is -3.41. The number of unbranched alkanes of at least 4 members (excludes halogenated alkanes) is 28. The van der Waals surface area contributed by atoms with E-state index in [0.717, 1.165) is 103 Å². The van der Waals surface area contributed by atoms with Crippen molar-refractivity contribution in [1.29, 1.82) is 0 Å². The first-order valence-electron chi connectivity index (χ1n) is 29.6. The Labute approximate surface area is 433 Å². The quantitative estimate of drug-likeness (QED) is 0.0261. The normalized spacial score (nSPS) is 12.7. The Morgan fingerprint density at radius 1 is 0.300 bits per heavy atom. The van der Waals surface area contributed by atoms with Crippen LogP contribution in [0.3, 0.4) is 0 Å². The minimum absolute atomic E-state index is 0.0785. The maximum atomic E-state index is 12.8. The lowest BCUT2D eigenvalue weighted by atomic mass is 10.0. The Kier molecular flexibility index (Phi) is 55.3. The summed E-state index contributed by atoms with van der Waals surface area (Å²) in [6, 6.07) is 0. The molecule has 6 nitrogen and oxygen atoms in total. The number of hydrogen-bond donors (Lipinski definition) is 0. The van der Waals surface area contributed by atoms with Gasteiger partial charge in [0.15, 0.2) is 6.10 Å². The average molecular weight is 976 g/mol. The molecule has 0 aliphatic rings. The first-order valence-corrected chi connectivity index (χ1v) is 29.6. The molecule has 0 saturated heterocycles. The third kappa shape index (κ3) is 55.5. The highest BCUT2D eigenvalue weighted by Gasteiger charge is 2.19. The summed E-state index contributed by atoms with van der Waals surface area (Å²) in [5.74, 6) is -0.887. The molecule has 0 radical (unpaired) electrons. The number of rotatable bonds is 53. The average Bonchev–Trinajstić information content (AvgIpc) is 3.36. The summed E-state index contributed by atoms with van der Waals surface area (Å²) in [6.07, 6.45) is 75.9. The van der Waals surface area contributed by atoms with Crippen LogP contribution in [0, 0.1) is 0 Å². The van der Waals surface area contributed by atoms with Crippen LogP contribution in [-0.2, 0) is 28.6 Å². The van der Waals surface area contributed by atoms with Crippen LogP contribution in [0.1, 0.15) is 284 Å². The monoisotopic (exact) mass is 975 g/mol. The second-order valence-corrected chi connectivity index (χ2v) is 19.5. The van der Waals surface area contributed by atoms with Crippen molar-refractivity contribution in [1.82, 2.24) is 0 Å². The topological polar surface area (TPSA) is 78.9 Å². The van der Waals surface area contributed by atoms with Crippen LogP contribution in [0.25, 0.3) is 0 Å². The zero-order valence-electron chi connectivity index (χ0n) is 46.0. The molecule has 0 N–H and O–H groups in total. The minimum Gasteiger partial charge on any atom is -0.462 e. The van der Waals surface area contributed by atoms with Gasteiger partial charge in [-0.1, -0.05) is 254 Å². The van der Waals surface area contributed by atoms with E-state index in [1.807, 2.05) is 0 Å². The fraction of sp³-hybridized carbons (Fsp3) is 0.734. The molecule has 0 amide bonds. The lowest BCUT2D eigenvalue weighted by Gasteiger charge is -2.18. The van der Waals surface area contributed by atoms with E-state index in [1.54, 1.807) is 0 Å². The molecular weight excluding hydrogens is 865 g/mol. The highest BCUT2D eigenvalue weighted by molar-refractivity contribution is 5.71. The lowest BCUT2D eigenvalue weighted by Crippen LogP contribution is -2.30. The van der Waals surface area contributed by atoms with E-state index in [0.29, 0.717) is 19.3 Å². The predicted molar refractivity (Wildman–Crippen MR) is 302 cm³/mol. The summed E-state index contributed by atoms with van der Waals surface area (Å²) in [7, 11) is 0. The zero-order valence-corrected chi connectivity index (χ0v) is 46.0. The van der Waals surface area contributed by atoms with Gasteiger partial charge in [0.25, 0.3) is 0 Å². The summed E-state index contributed by atoms with van der Waals surface area (Å²) in [5, 5.41) is 0. The second-order valence-electron chi connectivity index (χ2n) is 19.5. The first kappa shape index (κ1) is 66.6. The predicted octanol–water partition coefficient (Wildman–Crippen LogP) is 19.9. The van der Waals surface area contributed by atoms with Crippen molar-refractivity contribution in [2.75, 3.05) is 13.2 Å². The smallest absolute Gasteiger partial charge is 0.306 e. The van der Waals surface area contributed by atoms with Gasteiger partial charge in [-0.05, 0) is 96.3 Å². The van der Waals surface area contributed by atoms with Gasteiger partial charge < -0.3 is 14.2 Å². The number of esters is 3. The molecule has 0 aromatic carbocycles. The first-order chi connectivity index (χ1) is 34.5. The number of ether oxygens (including phenoxy) is 3. The SMILES string of the molecule is CC/C=C\C/C=C\C/C=C\C/C=C\C/C=C\CCCCCCCCCCCCCC(=O)OCC(COC(=O)CCCCCCCCCC)OC(=O)CCCCCCCCC/C=C\C/C=C\CCCCC. The Bertz CT molecular complexity index is 1350. The van der Waals surface area contributed by atoms with Crippen LogP contribution in [0.15, 0.2) is 85.1 Å². The van der Waals surface area contributed by atoms with Crippen LogP contribution in [0.5, 0.6) is 0 Å². The van der Waals surface area contributed by atoms with Gasteiger partial charge in [-0.25, -0.2) is 0 Å². The highest BCUT2D eigenvalue weighted by Crippen LogP contribution is 2.15. The largest absolute Gasteiger partial charge is 0.462 e. The molecule has 0 heterocycles. The Morgan fingerprint density at radius 2 is 0.557 bits per heavy atom. The highest BCUT2D eigenvalue weighted by atomic mass is 16.6. The molecule has 0 bridgehead atoms. The van der Waals surface area contributed by atoms with E-state index in [2.05, 4.69) is 106 Å². The molecule has 0 aromatic rings. The van der Waals surface area contributed by atoms with Crippen molar-refractivity contribution < 1.29 is 28.6 Å². The zero-order chi connectivity index (χ0) is 50.7. The molecule has 0 aliphatic heterocycles. The van der Waals surface area contributed by atoms with Crippen molar-refractivity contribution in [2.45, 2.75) is 290 Å². The molecule has 1 atom stereocenters. The molecule has 0 aliphatic carbocycles. The maximum absolute atomic E-state index is 12.8. The molecule has 0 saturated carbocycles. The van der Waals surface area contributed by atoms with Crippen LogP contribution < -0.4 is 0 Å². The van der Waals surface area contributed by atoms with Crippen molar-refractivity contribution >= 4 is 17.9 Å². The molecule has 0 spiro atoms. The van der Waals surface area contributed by atoms with Crippen molar-refractivity contribution in [2.24, 2.45) is 0 Å². The number of carbonyl (C=O) groups excluding carboxylic acids is 3. The van der Waals surface area contributed by atoms with Crippen molar-refractivity contribution in [3.8, 4) is 0 Å². The summed E-state index contributed by atoms with van der Waals surface area (Å²) in [4.78, 5) is 38.0. The van der Waals surface area contributed by atoms with Crippen LogP contribution >= 0.6 is 0 Å². The standard InChI is InChI=1S/C64H110O6/c1-4-7-10-13-16-19-21-23-25-27-28-29-30-31-32-33-34-35-36-38-39-41-43-45-48-51-54-57-63(66)69-60-61(59-68-62(65)56-53-50-47-18-15-12-9-6-3)70-64(67)58-55-52-49-46-44-42-40-37-26-24-22-20-17-14-11-8-5-2/h7,10,16-17,19-20,23-26,28-29,31-32,61H,4-6,8-9,11-15,18,21-22,27,30,33-60H2,1-3H3/b10-7-,19-16-,20-17-,25-23-,26-24-,29-28-,32-31-. The number of allylic oxidation sites excluding steroid dienone is 14. The van der Waals surface area contributed by atoms with Crippen molar-refractivity contribution in [3.63, 3.8) is 0 Å². The fourth-order valence-corrected chi connectivity index (χ4v) is 8.21. The van der Waals surface area contributed by atoms with Gasteiger partial charge >= 0.3 is 17.9 Å².